The maximum Gasteiger partial charge on any atom is 0.282 e. The predicted molar refractivity (Wildman–Crippen MR) is 99.7 cm³/mol. The maximum atomic E-state index is 12.7. The summed E-state index contributed by atoms with van der Waals surface area (Å²) in [6, 6.07) is 15.6. The zero-order valence-electron chi connectivity index (χ0n) is 14.7. The van der Waals surface area contributed by atoms with Crippen molar-refractivity contribution in [1.29, 1.82) is 0 Å². The van der Waals surface area contributed by atoms with E-state index in [1.165, 1.54) is 8.99 Å². The number of quaternary nitrogens is 1. The Labute approximate surface area is 156 Å². The van der Waals surface area contributed by atoms with E-state index < -0.39 is 10.0 Å². The second kappa shape index (κ2) is 7.18. The molecule has 2 aromatic carbocycles. The van der Waals surface area contributed by atoms with Gasteiger partial charge in [0.1, 0.15) is 5.52 Å². The van der Waals surface area contributed by atoms with Crippen LogP contribution in [0.4, 0.5) is 0 Å². The highest BCUT2D eigenvalue weighted by Gasteiger charge is 2.30. The molecule has 0 saturated carbocycles. The number of fused-ring (bicyclic) bond motifs is 1. The molecule has 1 aliphatic heterocycles. The smallest absolute Gasteiger partial charge is 0.282 e. The molecule has 1 N–H and O–H groups in total. The van der Waals surface area contributed by atoms with Crippen molar-refractivity contribution in [3.8, 4) is 0 Å². The van der Waals surface area contributed by atoms with Crippen molar-refractivity contribution >= 4 is 20.9 Å². The van der Waals surface area contributed by atoms with Crippen LogP contribution in [0.3, 0.4) is 0 Å². The molecule has 27 heavy (non-hydrogen) atoms. The zero-order chi connectivity index (χ0) is 18.9. The molecule has 1 fully saturated rings. The number of hydrogen-bond acceptors (Lipinski definition) is 5. The van der Waals surface area contributed by atoms with Crippen LogP contribution in [0.1, 0.15) is 0 Å². The van der Waals surface area contributed by atoms with Gasteiger partial charge in [-0.15, -0.1) is 5.10 Å². The van der Waals surface area contributed by atoms with E-state index in [1.54, 1.807) is 48.5 Å². The van der Waals surface area contributed by atoms with E-state index in [-0.39, 0.29) is 5.56 Å². The van der Waals surface area contributed by atoms with Crippen LogP contribution in [-0.2, 0) is 16.7 Å². The third-order valence-corrected chi connectivity index (χ3v) is 6.73. The third kappa shape index (κ3) is 3.48. The Bertz CT molecular complexity index is 1110. The first-order valence-corrected chi connectivity index (χ1v) is 10.2. The standard InChI is InChI=1S/C18H19N5O3S/c24-18-16-8-4-5-9-17(16)19-20-23(18)14-21-10-12-22(13-11-21)27(25,26)15-6-2-1-3-7-15/h1-9H,10-14H2/p+1. The number of nitrogens with zero attached hydrogens (tertiary/aromatic N) is 4. The summed E-state index contributed by atoms with van der Waals surface area (Å²) >= 11 is 0. The van der Waals surface area contributed by atoms with Crippen molar-refractivity contribution in [2.45, 2.75) is 11.6 Å². The van der Waals surface area contributed by atoms with Gasteiger partial charge in [-0.3, -0.25) is 4.79 Å². The van der Waals surface area contributed by atoms with Crippen molar-refractivity contribution in [3.05, 3.63) is 65.0 Å². The summed E-state index contributed by atoms with van der Waals surface area (Å²) in [5, 5.41) is 8.65. The Hall–Kier alpha value is -2.62. The van der Waals surface area contributed by atoms with E-state index in [4.69, 9.17) is 0 Å². The first-order valence-electron chi connectivity index (χ1n) is 8.77. The highest BCUT2D eigenvalue weighted by molar-refractivity contribution is 7.89. The second-order valence-corrected chi connectivity index (χ2v) is 8.47. The Balaban J connectivity index is 1.46. The quantitative estimate of drug-likeness (QED) is 0.643. The van der Waals surface area contributed by atoms with Gasteiger partial charge in [0.2, 0.25) is 10.0 Å². The molecule has 4 rings (SSSR count). The number of piperazine rings is 1. The monoisotopic (exact) mass is 386 g/mol. The van der Waals surface area contributed by atoms with E-state index in [2.05, 4.69) is 10.3 Å². The fourth-order valence-corrected chi connectivity index (χ4v) is 4.74. The summed E-state index contributed by atoms with van der Waals surface area (Å²) < 4.78 is 28.2. The minimum absolute atomic E-state index is 0.174. The summed E-state index contributed by atoms with van der Waals surface area (Å²) in [5.74, 6) is 0. The van der Waals surface area contributed by atoms with Gasteiger partial charge >= 0.3 is 0 Å². The first-order chi connectivity index (χ1) is 13.1. The molecule has 0 amide bonds. The van der Waals surface area contributed by atoms with Crippen molar-refractivity contribution in [3.63, 3.8) is 0 Å². The summed E-state index contributed by atoms with van der Waals surface area (Å²) in [5.41, 5.74) is 0.403. The number of aromatic nitrogens is 3. The Morgan fingerprint density at radius 2 is 1.63 bits per heavy atom. The van der Waals surface area contributed by atoms with Gasteiger partial charge in [-0.05, 0) is 24.3 Å². The molecular formula is C18H20N5O3S+. The lowest BCUT2D eigenvalue weighted by Gasteiger charge is -2.31. The van der Waals surface area contributed by atoms with Gasteiger partial charge in [0.25, 0.3) is 5.56 Å². The van der Waals surface area contributed by atoms with Crippen LogP contribution in [0.15, 0.2) is 64.3 Å². The van der Waals surface area contributed by atoms with Crippen LogP contribution in [0.25, 0.3) is 10.9 Å². The topological polar surface area (TPSA) is 89.6 Å². The van der Waals surface area contributed by atoms with E-state index in [0.29, 0.717) is 48.6 Å². The van der Waals surface area contributed by atoms with E-state index >= 15 is 0 Å². The summed E-state index contributed by atoms with van der Waals surface area (Å²) in [7, 11) is -3.47. The van der Waals surface area contributed by atoms with Crippen molar-refractivity contribution in [2.24, 2.45) is 0 Å². The van der Waals surface area contributed by atoms with Gasteiger partial charge in [0.15, 0.2) is 6.67 Å². The summed E-state index contributed by atoms with van der Waals surface area (Å²) in [6.45, 7) is 2.39. The molecule has 1 aliphatic rings. The van der Waals surface area contributed by atoms with Crippen molar-refractivity contribution in [1.82, 2.24) is 19.3 Å². The molecule has 0 aliphatic carbocycles. The third-order valence-electron chi connectivity index (χ3n) is 4.81. The molecular weight excluding hydrogens is 366 g/mol. The fraction of sp³-hybridized carbons (Fsp3) is 0.278. The van der Waals surface area contributed by atoms with Gasteiger partial charge in [0, 0.05) is 0 Å². The molecule has 9 heteroatoms. The molecule has 1 saturated heterocycles. The zero-order valence-corrected chi connectivity index (χ0v) is 15.5. The van der Waals surface area contributed by atoms with Crippen molar-refractivity contribution in [2.75, 3.05) is 26.2 Å². The van der Waals surface area contributed by atoms with Crippen LogP contribution in [0, 0.1) is 0 Å². The summed E-state index contributed by atoms with van der Waals surface area (Å²) in [6.07, 6.45) is 0. The van der Waals surface area contributed by atoms with E-state index in [0.717, 1.165) is 4.90 Å². The van der Waals surface area contributed by atoms with Gasteiger partial charge in [-0.1, -0.05) is 35.5 Å². The highest BCUT2D eigenvalue weighted by atomic mass is 32.2. The average molecular weight is 386 g/mol. The average Bonchev–Trinajstić information content (AvgIpc) is 2.71. The van der Waals surface area contributed by atoms with Crippen LogP contribution in [0.5, 0.6) is 0 Å². The van der Waals surface area contributed by atoms with Crippen molar-refractivity contribution < 1.29 is 13.3 Å². The Morgan fingerprint density at radius 1 is 0.963 bits per heavy atom. The number of nitrogens with one attached hydrogen (secondary N) is 1. The molecule has 140 valence electrons. The minimum Gasteiger partial charge on any atom is -0.314 e. The predicted octanol–water partition coefficient (Wildman–Crippen LogP) is -0.662. The molecule has 1 aromatic heterocycles. The lowest BCUT2D eigenvalue weighted by atomic mass is 10.2. The number of hydrogen-bond donors (Lipinski definition) is 1. The van der Waals surface area contributed by atoms with Gasteiger partial charge < -0.3 is 4.90 Å². The summed E-state index contributed by atoms with van der Waals surface area (Å²) in [4.78, 5) is 14.0. The second-order valence-electron chi connectivity index (χ2n) is 6.54. The highest BCUT2D eigenvalue weighted by Crippen LogP contribution is 2.14. The first kappa shape index (κ1) is 17.8. The number of benzene rings is 2. The molecule has 8 nitrogen and oxygen atoms in total. The molecule has 0 unspecified atom stereocenters. The van der Waals surface area contributed by atoms with Gasteiger partial charge in [-0.2, -0.15) is 8.99 Å². The lowest BCUT2D eigenvalue weighted by Crippen LogP contribution is -3.14. The van der Waals surface area contributed by atoms with E-state index in [1.807, 2.05) is 6.07 Å². The van der Waals surface area contributed by atoms with Gasteiger partial charge in [-0.25, -0.2) is 8.42 Å². The number of rotatable bonds is 4. The van der Waals surface area contributed by atoms with Crippen LogP contribution >= 0.6 is 0 Å². The molecule has 0 atom stereocenters. The SMILES string of the molecule is O=c1c2ccccc2nnn1C[NH+]1CCN(S(=O)(=O)c2ccccc2)CC1. The van der Waals surface area contributed by atoms with Gasteiger partial charge in [0.05, 0.1) is 36.5 Å². The fourth-order valence-electron chi connectivity index (χ4n) is 3.28. The lowest BCUT2D eigenvalue weighted by molar-refractivity contribution is -0.927. The Kier molecular flexibility index (Phi) is 4.73. The molecule has 0 spiro atoms. The Morgan fingerprint density at radius 3 is 2.37 bits per heavy atom. The molecule has 3 aromatic rings. The normalized spacial score (nSPS) is 16.6. The molecule has 0 bridgehead atoms. The minimum atomic E-state index is -3.47. The van der Waals surface area contributed by atoms with Crippen LogP contribution < -0.4 is 10.5 Å². The van der Waals surface area contributed by atoms with Crippen LogP contribution in [-0.4, -0.2) is 53.9 Å². The number of sulfonamides is 1. The largest absolute Gasteiger partial charge is 0.314 e. The molecule has 2 heterocycles. The van der Waals surface area contributed by atoms with Crippen LogP contribution in [0.2, 0.25) is 0 Å². The maximum absolute atomic E-state index is 12.7. The molecule has 0 radical (unpaired) electrons. The van der Waals surface area contributed by atoms with E-state index in [9.17, 15) is 13.2 Å².